The van der Waals surface area contributed by atoms with Crippen molar-refractivity contribution in [3.05, 3.63) is 35.5 Å². The Hall–Kier alpha value is -1.65. The van der Waals surface area contributed by atoms with Gasteiger partial charge < -0.3 is 15.2 Å². The van der Waals surface area contributed by atoms with Crippen LogP contribution in [0.2, 0.25) is 0 Å². The summed E-state index contributed by atoms with van der Waals surface area (Å²) in [6, 6.07) is 8.11. The second-order valence-electron chi connectivity index (χ2n) is 5.04. The van der Waals surface area contributed by atoms with Gasteiger partial charge in [0, 0.05) is 30.4 Å². The van der Waals surface area contributed by atoms with Crippen LogP contribution < -0.4 is 5.32 Å². The molecule has 0 saturated carbocycles. The van der Waals surface area contributed by atoms with Crippen LogP contribution in [0.3, 0.4) is 0 Å². The lowest BCUT2D eigenvalue weighted by Crippen LogP contribution is -2.18. The number of para-hydroxylation sites is 1. The van der Waals surface area contributed by atoms with Gasteiger partial charge in [-0.3, -0.25) is 4.98 Å². The van der Waals surface area contributed by atoms with Crippen LogP contribution in [0, 0.1) is 13.8 Å². The maximum absolute atomic E-state index is 9.69. The number of methoxy groups -OCH3 is 1. The highest BCUT2D eigenvalue weighted by Gasteiger charge is 2.09. The average molecular weight is 274 g/mol. The van der Waals surface area contributed by atoms with Crippen molar-refractivity contribution in [1.82, 2.24) is 4.98 Å². The zero-order valence-corrected chi connectivity index (χ0v) is 12.3. The molecule has 1 heterocycles. The van der Waals surface area contributed by atoms with Crippen molar-refractivity contribution in [3.8, 4) is 0 Å². The minimum Gasteiger partial charge on any atom is -0.391 e. The number of aliphatic hydroxyl groups is 1. The van der Waals surface area contributed by atoms with E-state index in [0.717, 1.165) is 27.8 Å². The van der Waals surface area contributed by atoms with Crippen LogP contribution in [0.4, 0.5) is 5.69 Å². The summed E-state index contributed by atoms with van der Waals surface area (Å²) >= 11 is 0. The number of nitrogens with one attached hydrogen (secondary N) is 1. The van der Waals surface area contributed by atoms with Crippen LogP contribution in [0.25, 0.3) is 10.9 Å². The smallest absolute Gasteiger partial charge is 0.0790 e. The number of benzene rings is 1. The molecular weight excluding hydrogens is 252 g/mol. The third-order valence-corrected chi connectivity index (χ3v) is 3.52. The first-order valence-corrected chi connectivity index (χ1v) is 6.90. The average Bonchev–Trinajstić information content (AvgIpc) is 2.43. The van der Waals surface area contributed by atoms with Gasteiger partial charge in [-0.1, -0.05) is 18.2 Å². The number of nitrogens with zero attached hydrogens (tertiary/aromatic N) is 1. The summed E-state index contributed by atoms with van der Waals surface area (Å²) in [5.41, 5.74) is 4.29. The summed E-state index contributed by atoms with van der Waals surface area (Å²) in [5.74, 6) is 0. The fraction of sp³-hybridized carbons (Fsp3) is 0.438. The molecule has 20 heavy (non-hydrogen) atoms. The zero-order valence-electron chi connectivity index (χ0n) is 12.3. The Bertz CT molecular complexity index is 584. The van der Waals surface area contributed by atoms with Gasteiger partial charge in [0.25, 0.3) is 0 Å². The van der Waals surface area contributed by atoms with E-state index in [4.69, 9.17) is 4.74 Å². The number of pyridine rings is 1. The van der Waals surface area contributed by atoms with E-state index in [1.807, 2.05) is 25.1 Å². The molecule has 0 spiro atoms. The van der Waals surface area contributed by atoms with Gasteiger partial charge in [0.2, 0.25) is 0 Å². The van der Waals surface area contributed by atoms with E-state index in [1.54, 1.807) is 7.11 Å². The fourth-order valence-electron chi connectivity index (χ4n) is 2.30. The molecule has 0 aliphatic rings. The maximum Gasteiger partial charge on any atom is 0.0790 e. The van der Waals surface area contributed by atoms with E-state index in [0.29, 0.717) is 19.6 Å². The van der Waals surface area contributed by atoms with Crippen LogP contribution >= 0.6 is 0 Å². The molecule has 0 bridgehead atoms. The number of fused-ring (bicyclic) bond motifs is 1. The molecule has 0 saturated heterocycles. The highest BCUT2D eigenvalue weighted by atomic mass is 16.5. The molecule has 2 aromatic rings. The normalized spacial score (nSPS) is 12.6. The van der Waals surface area contributed by atoms with Crippen molar-refractivity contribution in [2.45, 2.75) is 26.4 Å². The third kappa shape index (κ3) is 3.26. The molecule has 0 radical (unpaired) electrons. The van der Waals surface area contributed by atoms with Gasteiger partial charge in [-0.15, -0.1) is 0 Å². The Balaban J connectivity index is 2.18. The van der Waals surface area contributed by atoms with E-state index in [9.17, 15) is 5.11 Å². The van der Waals surface area contributed by atoms with Crippen LogP contribution in [0.5, 0.6) is 0 Å². The lowest BCUT2D eigenvalue weighted by Gasteiger charge is -2.16. The molecule has 2 rings (SSSR count). The maximum atomic E-state index is 9.69. The first-order chi connectivity index (χ1) is 9.63. The molecule has 1 aromatic heterocycles. The van der Waals surface area contributed by atoms with Crippen LogP contribution in [-0.2, 0) is 4.74 Å². The molecule has 1 atom stereocenters. The standard InChI is InChI=1S/C16H22N2O2/c1-11-12(2)18-15-7-5-4-6-14(15)16(11)17-9-8-13(19)10-20-3/h4-7,13,19H,8-10H2,1-3H3,(H,17,18). The van der Waals surface area contributed by atoms with Crippen molar-refractivity contribution in [3.63, 3.8) is 0 Å². The number of ether oxygens (including phenoxy) is 1. The molecular formula is C16H22N2O2. The van der Waals surface area contributed by atoms with Crippen LogP contribution in [-0.4, -0.2) is 36.5 Å². The van der Waals surface area contributed by atoms with Gasteiger partial charge in [-0.05, 0) is 31.9 Å². The van der Waals surface area contributed by atoms with Crippen LogP contribution in [0.15, 0.2) is 24.3 Å². The van der Waals surface area contributed by atoms with Gasteiger partial charge in [-0.25, -0.2) is 0 Å². The zero-order chi connectivity index (χ0) is 14.5. The quantitative estimate of drug-likeness (QED) is 0.850. The number of aliphatic hydroxyl groups excluding tert-OH is 1. The second-order valence-corrected chi connectivity index (χ2v) is 5.04. The Labute approximate surface area is 119 Å². The van der Waals surface area contributed by atoms with Gasteiger partial charge in [0.1, 0.15) is 0 Å². The van der Waals surface area contributed by atoms with Crippen molar-refractivity contribution >= 4 is 16.6 Å². The number of aromatic nitrogens is 1. The molecule has 0 aliphatic heterocycles. The molecule has 4 heteroatoms. The van der Waals surface area contributed by atoms with E-state index < -0.39 is 6.10 Å². The first kappa shape index (κ1) is 14.8. The topological polar surface area (TPSA) is 54.4 Å². The summed E-state index contributed by atoms with van der Waals surface area (Å²) in [5, 5.41) is 14.2. The van der Waals surface area contributed by atoms with Gasteiger partial charge >= 0.3 is 0 Å². The first-order valence-electron chi connectivity index (χ1n) is 6.90. The van der Waals surface area contributed by atoms with Crippen molar-refractivity contribution in [2.75, 3.05) is 25.6 Å². The largest absolute Gasteiger partial charge is 0.391 e. The lowest BCUT2D eigenvalue weighted by atomic mass is 10.1. The van der Waals surface area contributed by atoms with Gasteiger partial charge in [-0.2, -0.15) is 0 Å². The number of aryl methyl sites for hydroxylation is 1. The molecule has 4 nitrogen and oxygen atoms in total. The molecule has 108 valence electrons. The summed E-state index contributed by atoms with van der Waals surface area (Å²) in [7, 11) is 1.60. The lowest BCUT2D eigenvalue weighted by molar-refractivity contribution is 0.0615. The summed E-state index contributed by atoms with van der Waals surface area (Å²) < 4.78 is 4.93. The Morgan fingerprint density at radius 2 is 2.05 bits per heavy atom. The molecule has 1 unspecified atom stereocenters. The predicted molar refractivity (Wildman–Crippen MR) is 82.2 cm³/mol. The summed E-state index contributed by atoms with van der Waals surface area (Å²) in [6.45, 7) is 5.17. The van der Waals surface area contributed by atoms with Gasteiger partial charge in [0.05, 0.1) is 18.2 Å². The number of rotatable bonds is 6. The van der Waals surface area contributed by atoms with Crippen molar-refractivity contribution in [2.24, 2.45) is 0 Å². The number of hydrogen-bond acceptors (Lipinski definition) is 4. The molecule has 0 amide bonds. The second kappa shape index (κ2) is 6.68. The van der Waals surface area contributed by atoms with Crippen LogP contribution in [0.1, 0.15) is 17.7 Å². The van der Waals surface area contributed by atoms with E-state index >= 15 is 0 Å². The summed E-state index contributed by atoms with van der Waals surface area (Å²) in [6.07, 6.45) is 0.227. The Kier molecular flexibility index (Phi) is 4.93. The number of hydrogen-bond donors (Lipinski definition) is 2. The predicted octanol–water partition coefficient (Wildman–Crippen LogP) is 2.66. The van der Waals surface area contributed by atoms with E-state index in [2.05, 4.69) is 23.3 Å². The van der Waals surface area contributed by atoms with E-state index in [1.165, 1.54) is 0 Å². The highest BCUT2D eigenvalue weighted by molar-refractivity contribution is 5.93. The molecule has 0 fully saturated rings. The molecule has 0 aliphatic carbocycles. The van der Waals surface area contributed by atoms with Crippen molar-refractivity contribution in [1.29, 1.82) is 0 Å². The monoisotopic (exact) mass is 274 g/mol. The molecule has 2 N–H and O–H groups in total. The highest BCUT2D eigenvalue weighted by Crippen LogP contribution is 2.27. The minimum atomic E-state index is -0.429. The van der Waals surface area contributed by atoms with Crippen molar-refractivity contribution < 1.29 is 9.84 Å². The minimum absolute atomic E-state index is 0.372. The Morgan fingerprint density at radius 3 is 2.80 bits per heavy atom. The number of anilines is 1. The Morgan fingerprint density at radius 1 is 1.30 bits per heavy atom. The summed E-state index contributed by atoms with van der Waals surface area (Å²) in [4.78, 5) is 4.60. The fourth-order valence-corrected chi connectivity index (χ4v) is 2.30. The third-order valence-electron chi connectivity index (χ3n) is 3.52. The molecule has 1 aromatic carbocycles. The van der Waals surface area contributed by atoms with E-state index in [-0.39, 0.29) is 0 Å². The van der Waals surface area contributed by atoms with Gasteiger partial charge in [0.15, 0.2) is 0 Å². The SMILES string of the molecule is COCC(O)CCNc1c(C)c(C)nc2ccccc12.